The van der Waals surface area contributed by atoms with E-state index in [2.05, 4.69) is 5.32 Å². The van der Waals surface area contributed by atoms with Gasteiger partial charge in [-0.3, -0.25) is 9.59 Å². The minimum Gasteiger partial charge on any atom is -0.334 e. The minimum absolute atomic E-state index is 0.00683. The molecule has 0 aromatic heterocycles. The van der Waals surface area contributed by atoms with Gasteiger partial charge >= 0.3 is 0 Å². The molecule has 2 atom stereocenters. The number of anilines is 1. The summed E-state index contributed by atoms with van der Waals surface area (Å²) in [5.74, 6) is 0.0573. The van der Waals surface area contributed by atoms with Crippen molar-refractivity contribution in [3.05, 3.63) is 29.8 Å². The first kappa shape index (κ1) is 20.4. The van der Waals surface area contributed by atoms with Crippen LogP contribution in [0.15, 0.2) is 24.3 Å². The van der Waals surface area contributed by atoms with Gasteiger partial charge in [-0.1, -0.05) is 45.7 Å². The topological polar surface area (TPSA) is 75.4 Å². The highest BCUT2D eigenvalue weighted by atomic mass is 16.2. The third kappa shape index (κ3) is 6.13. The average molecular weight is 360 g/mol. The van der Waals surface area contributed by atoms with Crippen LogP contribution < -0.4 is 11.1 Å². The summed E-state index contributed by atoms with van der Waals surface area (Å²) in [7, 11) is 0. The molecule has 1 aliphatic carbocycles. The van der Waals surface area contributed by atoms with Crippen molar-refractivity contribution in [2.75, 3.05) is 5.32 Å². The Hall–Kier alpha value is -1.88. The number of benzene rings is 1. The summed E-state index contributed by atoms with van der Waals surface area (Å²) in [4.78, 5) is 26.3. The van der Waals surface area contributed by atoms with E-state index < -0.39 is 0 Å². The van der Waals surface area contributed by atoms with Gasteiger partial charge in [-0.2, -0.15) is 0 Å². The lowest BCUT2D eigenvalue weighted by molar-refractivity contribution is -0.133. The SMILES string of the molecule is CC(=O)N(Cc1cccc(NC(=O)CC(C)(C)C)c1)C1CCCCC1N. The number of rotatable bonds is 5. The van der Waals surface area contributed by atoms with Crippen LogP contribution in [0.2, 0.25) is 0 Å². The lowest BCUT2D eigenvalue weighted by atomic mass is 9.89. The predicted octanol–water partition coefficient (Wildman–Crippen LogP) is 3.68. The predicted molar refractivity (Wildman–Crippen MR) is 106 cm³/mol. The molecule has 2 amide bonds. The van der Waals surface area contributed by atoms with E-state index in [1.807, 2.05) is 49.9 Å². The first-order chi connectivity index (χ1) is 12.2. The molecule has 1 aromatic carbocycles. The summed E-state index contributed by atoms with van der Waals surface area (Å²) in [5.41, 5.74) is 8.00. The molecule has 26 heavy (non-hydrogen) atoms. The van der Waals surface area contributed by atoms with Crippen molar-refractivity contribution in [2.45, 2.75) is 78.4 Å². The molecule has 3 N–H and O–H groups in total. The van der Waals surface area contributed by atoms with Gasteiger partial charge in [0.15, 0.2) is 0 Å². The molecule has 5 nitrogen and oxygen atoms in total. The van der Waals surface area contributed by atoms with Gasteiger partial charge in [0.1, 0.15) is 0 Å². The molecule has 0 spiro atoms. The van der Waals surface area contributed by atoms with Gasteiger partial charge in [0, 0.05) is 37.7 Å². The van der Waals surface area contributed by atoms with Crippen LogP contribution in [0, 0.1) is 5.41 Å². The number of carbonyl (C=O) groups is 2. The molecule has 0 aliphatic heterocycles. The van der Waals surface area contributed by atoms with Crippen LogP contribution in [-0.2, 0) is 16.1 Å². The highest BCUT2D eigenvalue weighted by Gasteiger charge is 2.29. The van der Waals surface area contributed by atoms with Crippen LogP contribution in [0.4, 0.5) is 5.69 Å². The number of hydrogen-bond acceptors (Lipinski definition) is 3. The Morgan fingerprint density at radius 2 is 1.92 bits per heavy atom. The van der Waals surface area contributed by atoms with Gasteiger partial charge < -0.3 is 16.0 Å². The minimum atomic E-state index is -0.0513. The van der Waals surface area contributed by atoms with Gasteiger partial charge in [0.25, 0.3) is 0 Å². The first-order valence-electron chi connectivity index (χ1n) is 9.57. The number of carbonyl (C=O) groups excluding carboxylic acids is 2. The molecule has 2 unspecified atom stereocenters. The van der Waals surface area contributed by atoms with Crippen LogP contribution in [0.25, 0.3) is 0 Å². The van der Waals surface area contributed by atoms with Gasteiger partial charge in [0.05, 0.1) is 0 Å². The van der Waals surface area contributed by atoms with Crippen LogP contribution in [0.1, 0.15) is 65.4 Å². The van der Waals surface area contributed by atoms with Crippen molar-refractivity contribution in [1.82, 2.24) is 4.90 Å². The second-order valence-electron chi connectivity index (χ2n) is 8.65. The second-order valence-corrected chi connectivity index (χ2v) is 8.65. The van der Waals surface area contributed by atoms with E-state index in [1.165, 1.54) is 0 Å². The van der Waals surface area contributed by atoms with Crippen molar-refractivity contribution >= 4 is 17.5 Å². The van der Waals surface area contributed by atoms with Gasteiger partial charge in [-0.05, 0) is 36.0 Å². The van der Waals surface area contributed by atoms with Crippen molar-refractivity contribution in [3.63, 3.8) is 0 Å². The molecule has 2 rings (SSSR count). The Morgan fingerprint density at radius 1 is 1.23 bits per heavy atom. The Kier molecular flexibility index (Phi) is 6.81. The zero-order chi connectivity index (χ0) is 19.3. The highest BCUT2D eigenvalue weighted by molar-refractivity contribution is 5.91. The summed E-state index contributed by atoms with van der Waals surface area (Å²) in [6, 6.07) is 7.88. The molecule has 1 aromatic rings. The lowest BCUT2D eigenvalue weighted by Crippen LogP contribution is -2.50. The van der Waals surface area contributed by atoms with E-state index in [1.54, 1.807) is 6.92 Å². The monoisotopic (exact) mass is 359 g/mol. The normalized spacial score (nSPS) is 20.5. The molecule has 144 valence electrons. The standard InChI is InChI=1S/C21H33N3O2/c1-15(25)24(19-11-6-5-10-18(19)22)14-16-8-7-9-17(12-16)23-20(26)13-21(2,3)4/h7-9,12,18-19H,5-6,10-11,13-14,22H2,1-4H3,(H,23,26). The quantitative estimate of drug-likeness (QED) is 0.842. The maximum Gasteiger partial charge on any atom is 0.224 e. The number of amides is 2. The van der Waals surface area contributed by atoms with Crippen LogP contribution in [0.5, 0.6) is 0 Å². The summed E-state index contributed by atoms with van der Waals surface area (Å²) in [6.07, 6.45) is 4.65. The molecular formula is C21H33N3O2. The van der Waals surface area contributed by atoms with Gasteiger partial charge in [-0.25, -0.2) is 0 Å². The summed E-state index contributed by atoms with van der Waals surface area (Å²) in [6.45, 7) is 8.26. The van der Waals surface area contributed by atoms with Crippen molar-refractivity contribution < 1.29 is 9.59 Å². The Bertz CT molecular complexity index is 636. The van der Waals surface area contributed by atoms with Crippen LogP contribution in [0.3, 0.4) is 0 Å². The van der Waals surface area contributed by atoms with E-state index >= 15 is 0 Å². The molecule has 0 bridgehead atoms. The zero-order valence-corrected chi connectivity index (χ0v) is 16.5. The van der Waals surface area contributed by atoms with Crippen LogP contribution in [-0.4, -0.2) is 28.8 Å². The van der Waals surface area contributed by atoms with Crippen LogP contribution >= 0.6 is 0 Å². The molecule has 0 saturated heterocycles. The average Bonchev–Trinajstić information content (AvgIpc) is 2.51. The number of nitrogens with zero attached hydrogens (tertiary/aromatic N) is 1. The molecule has 0 heterocycles. The number of nitrogens with one attached hydrogen (secondary N) is 1. The zero-order valence-electron chi connectivity index (χ0n) is 16.5. The number of nitrogens with two attached hydrogens (primary N) is 1. The van der Waals surface area contributed by atoms with E-state index in [0.29, 0.717) is 13.0 Å². The molecule has 5 heteroatoms. The maximum atomic E-state index is 12.2. The van der Waals surface area contributed by atoms with Crippen molar-refractivity contribution in [2.24, 2.45) is 11.1 Å². The molecule has 1 aliphatic rings. The Balaban J connectivity index is 2.08. The van der Waals surface area contributed by atoms with Gasteiger partial charge in [-0.15, -0.1) is 0 Å². The third-order valence-corrected chi connectivity index (χ3v) is 4.84. The van der Waals surface area contributed by atoms with Crippen molar-refractivity contribution in [1.29, 1.82) is 0 Å². The highest BCUT2D eigenvalue weighted by Crippen LogP contribution is 2.25. The van der Waals surface area contributed by atoms with E-state index in [-0.39, 0.29) is 29.3 Å². The molecular weight excluding hydrogens is 326 g/mol. The fourth-order valence-corrected chi connectivity index (χ4v) is 3.62. The second kappa shape index (κ2) is 8.67. The largest absolute Gasteiger partial charge is 0.334 e. The first-order valence-corrected chi connectivity index (χ1v) is 9.57. The van der Waals surface area contributed by atoms with E-state index in [9.17, 15) is 9.59 Å². The molecule has 1 fully saturated rings. The molecule has 1 saturated carbocycles. The van der Waals surface area contributed by atoms with E-state index in [0.717, 1.165) is 36.9 Å². The summed E-state index contributed by atoms with van der Waals surface area (Å²) < 4.78 is 0. The smallest absolute Gasteiger partial charge is 0.224 e. The fourth-order valence-electron chi connectivity index (χ4n) is 3.62. The summed E-state index contributed by atoms with van der Waals surface area (Å²) >= 11 is 0. The van der Waals surface area contributed by atoms with Crippen molar-refractivity contribution in [3.8, 4) is 0 Å². The van der Waals surface area contributed by atoms with Gasteiger partial charge in [0.2, 0.25) is 11.8 Å². The lowest BCUT2D eigenvalue weighted by Gasteiger charge is -2.38. The third-order valence-electron chi connectivity index (χ3n) is 4.84. The Morgan fingerprint density at radius 3 is 2.54 bits per heavy atom. The maximum absolute atomic E-state index is 12.2. The van der Waals surface area contributed by atoms with E-state index in [4.69, 9.17) is 5.73 Å². The Labute approximate surface area is 157 Å². The fraction of sp³-hybridized carbons (Fsp3) is 0.619. The summed E-state index contributed by atoms with van der Waals surface area (Å²) in [5, 5.41) is 2.96. The number of hydrogen-bond donors (Lipinski definition) is 2. The molecule has 0 radical (unpaired) electrons.